The van der Waals surface area contributed by atoms with Crippen molar-refractivity contribution in [3.63, 3.8) is 0 Å². The Morgan fingerprint density at radius 1 is 1.73 bits per heavy atom. The van der Waals surface area contributed by atoms with E-state index >= 15 is 0 Å². The van der Waals surface area contributed by atoms with Crippen LogP contribution in [0.5, 0.6) is 0 Å². The van der Waals surface area contributed by atoms with Crippen LogP contribution in [0.25, 0.3) is 0 Å². The summed E-state index contributed by atoms with van der Waals surface area (Å²) in [5, 5.41) is 12.2. The van der Waals surface area contributed by atoms with Gasteiger partial charge in [-0.25, -0.2) is 0 Å². The second-order valence-electron chi connectivity index (χ2n) is 2.37. The first-order chi connectivity index (χ1) is 5.38. The normalized spacial score (nSPS) is 30.5. The topological polar surface area (TPSA) is 54.6 Å². The minimum atomic E-state index is -0.0612. The summed E-state index contributed by atoms with van der Waals surface area (Å²) in [6.45, 7) is 1.09. The second kappa shape index (κ2) is 3.94. The smallest absolute Gasteiger partial charge is 0.106 e. The highest BCUT2D eigenvalue weighted by molar-refractivity contribution is 5.61. The van der Waals surface area contributed by atoms with Gasteiger partial charge in [-0.05, 0) is 0 Å². The third kappa shape index (κ3) is 1.92. The highest BCUT2D eigenvalue weighted by Gasteiger charge is 2.26. The van der Waals surface area contributed by atoms with E-state index in [2.05, 4.69) is 16.1 Å². The number of hydrogen-bond donors (Lipinski definition) is 0. The Morgan fingerprint density at radius 2 is 2.55 bits per heavy atom. The molecule has 0 aromatic rings. The Hall–Kier alpha value is -1.08. The summed E-state index contributed by atoms with van der Waals surface area (Å²) in [6, 6.07) is 2.15. The van der Waals surface area contributed by atoms with Gasteiger partial charge in [-0.2, -0.15) is 5.26 Å². The van der Waals surface area contributed by atoms with Gasteiger partial charge >= 0.3 is 0 Å². The van der Waals surface area contributed by atoms with E-state index in [0.717, 1.165) is 0 Å². The SMILES string of the molecule is CON=CC1COCC1C#N. The monoisotopic (exact) mass is 154 g/mol. The molecule has 4 heteroatoms. The van der Waals surface area contributed by atoms with Crippen molar-refractivity contribution in [1.29, 1.82) is 5.26 Å². The number of nitriles is 1. The van der Waals surface area contributed by atoms with Crippen LogP contribution in [0.1, 0.15) is 0 Å². The van der Waals surface area contributed by atoms with E-state index in [0.29, 0.717) is 13.2 Å². The molecular formula is C7H10N2O2. The predicted octanol–water partition coefficient (Wildman–Crippen LogP) is 0.405. The molecule has 60 valence electrons. The van der Waals surface area contributed by atoms with Crippen molar-refractivity contribution < 1.29 is 9.57 Å². The third-order valence-corrected chi connectivity index (χ3v) is 1.65. The fourth-order valence-electron chi connectivity index (χ4n) is 0.990. The lowest BCUT2D eigenvalue weighted by atomic mass is 9.99. The quantitative estimate of drug-likeness (QED) is 0.427. The van der Waals surface area contributed by atoms with Crippen LogP contribution < -0.4 is 0 Å². The molecule has 0 aromatic heterocycles. The molecule has 1 heterocycles. The first-order valence-electron chi connectivity index (χ1n) is 3.42. The molecule has 0 saturated carbocycles. The maximum atomic E-state index is 8.60. The number of hydrogen-bond acceptors (Lipinski definition) is 4. The highest BCUT2D eigenvalue weighted by atomic mass is 16.6. The van der Waals surface area contributed by atoms with Gasteiger partial charge in [0.1, 0.15) is 7.11 Å². The predicted molar refractivity (Wildman–Crippen MR) is 38.9 cm³/mol. The zero-order chi connectivity index (χ0) is 8.10. The Bertz CT molecular complexity index is 185. The number of rotatable bonds is 2. The molecule has 11 heavy (non-hydrogen) atoms. The summed E-state index contributed by atoms with van der Waals surface area (Å²) < 4.78 is 5.09. The van der Waals surface area contributed by atoms with Crippen molar-refractivity contribution in [3.8, 4) is 6.07 Å². The van der Waals surface area contributed by atoms with Gasteiger partial charge in [-0.3, -0.25) is 0 Å². The minimum Gasteiger partial charge on any atom is -0.399 e. The molecule has 0 N–H and O–H groups in total. The minimum absolute atomic E-state index is 0.0612. The van der Waals surface area contributed by atoms with Gasteiger partial charge in [0.2, 0.25) is 0 Å². The lowest BCUT2D eigenvalue weighted by Gasteiger charge is -2.01. The number of oxime groups is 1. The zero-order valence-corrected chi connectivity index (χ0v) is 6.36. The lowest BCUT2D eigenvalue weighted by Crippen LogP contribution is -2.11. The van der Waals surface area contributed by atoms with Crippen molar-refractivity contribution in [2.75, 3.05) is 20.3 Å². The number of nitrogens with zero attached hydrogens (tertiary/aromatic N) is 2. The molecule has 0 aromatic carbocycles. The molecule has 0 aliphatic carbocycles. The molecule has 4 nitrogen and oxygen atoms in total. The van der Waals surface area contributed by atoms with Gasteiger partial charge in [0, 0.05) is 5.92 Å². The van der Waals surface area contributed by atoms with Crippen LogP contribution in [0.3, 0.4) is 0 Å². The maximum absolute atomic E-state index is 8.60. The van der Waals surface area contributed by atoms with Crippen molar-refractivity contribution in [2.45, 2.75) is 0 Å². The van der Waals surface area contributed by atoms with Crippen molar-refractivity contribution >= 4 is 6.21 Å². The van der Waals surface area contributed by atoms with Gasteiger partial charge in [0.05, 0.1) is 31.4 Å². The van der Waals surface area contributed by atoms with Crippen LogP contribution in [0.15, 0.2) is 5.16 Å². The molecule has 2 unspecified atom stereocenters. The summed E-state index contributed by atoms with van der Waals surface area (Å²) >= 11 is 0. The van der Waals surface area contributed by atoms with E-state index < -0.39 is 0 Å². The molecule has 0 spiro atoms. The standard InChI is InChI=1S/C7H10N2O2/c1-10-9-3-7-5-11-4-6(7)2-8/h3,6-7H,4-5H2,1H3. The van der Waals surface area contributed by atoms with Gasteiger partial charge in [0.25, 0.3) is 0 Å². The molecule has 2 atom stereocenters. The zero-order valence-electron chi connectivity index (χ0n) is 6.36. The van der Waals surface area contributed by atoms with Crippen molar-refractivity contribution in [2.24, 2.45) is 17.0 Å². The Kier molecular flexibility index (Phi) is 2.87. The van der Waals surface area contributed by atoms with Gasteiger partial charge < -0.3 is 9.57 Å². The average Bonchev–Trinajstić information content (AvgIpc) is 2.47. The summed E-state index contributed by atoms with van der Waals surface area (Å²) in [4.78, 5) is 4.50. The van der Waals surface area contributed by atoms with Gasteiger partial charge in [0.15, 0.2) is 0 Å². The summed E-state index contributed by atoms with van der Waals surface area (Å²) in [5.41, 5.74) is 0. The third-order valence-electron chi connectivity index (χ3n) is 1.65. The molecule has 0 radical (unpaired) electrons. The second-order valence-corrected chi connectivity index (χ2v) is 2.37. The van der Waals surface area contributed by atoms with Crippen molar-refractivity contribution in [3.05, 3.63) is 0 Å². The summed E-state index contributed by atoms with van der Waals surface area (Å²) in [7, 11) is 1.48. The van der Waals surface area contributed by atoms with Crippen LogP contribution in [0, 0.1) is 23.2 Å². The van der Waals surface area contributed by atoms with Gasteiger partial charge in [-0.15, -0.1) is 0 Å². The Labute approximate surface area is 65.4 Å². The molecule has 1 rings (SSSR count). The van der Waals surface area contributed by atoms with E-state index in [9.17, 15) is 0 Å². The van der Waals surface area contributed by atoms with E-state index in [1.807, 2.05) is 0 Å². The maximum Gasteiger partial charge on any atom is 0.106 e. The van der Waals surface area contributed by atoms with E-state index in [1.54, 1.807) is 6.21 Å². The Morgan fingerprint density at radius 3 is 3.18 bits per heavy atom. The summed E-state index contributed by atoms with van der Waals surface area (Å²) in [5.74, 6) is 0.0360. The van der Waals surface area contributed by atoms with Crippen LogP contribution in [0.4, 0.5) is 0 Å². The van der Waals surface area contributed by atoms with E-state index in [1.165, 1.54) is 7.11 Å². The lowest BCUT2D eigenvalue weighted by molar-refractivity contribution is 0.187. The van der Waals surface area contributed by atoms with Gasteiger partial charge in [-0.1, -0.05) is 5.16 Å². The fourth-order valence-corrected chi connectivity index (χ4v) is 0.990. The molecular weight excluding hydrogens is 144 g/mol. The molecule has 0 amide bonds. The number of ether oxygens (including phenoxy) is 1. The van der Waals surface area contributed by atoms with Crippen LogP contribution >= 0.6 is 0 Å². The molecule has 1 aliphatic heterocycles. The molecule has 1 saturated heterocycles. The van der Waals surface area contributed by atoms with E-state index in [4.69, 9.17) is 10.00 Å². The fraction of sp³-hybridized carbons (Fsp3) is 0.714. The van der Waals surface area contributed by atoms with Crippen LogP contribution in [-0.4, -0.2) is 26.5 Å². The first-order valence-corrected chi connectivity index (χ1v) is 3.42. The average molecular weight is 154 g/mol. The molecule has 0 bridgehead atoms. The largest absolute Gasteiger partial charge is 0.399 e. The Balaban J connectivity index is 2.45. The molecule has 1 fully saturated rings. The highest BCUT2D eigenvalue weighted by Crippen LogP contribution is 2.17. The first kappa shape index (κ1) is 8.02. The van der Waals surface area contributed by atoms with Crippen LogP contribution in [-0.2, 0) is 9.57 Å². The summed E-state index contributed by atoms with van der Waals surface area (Å²) in [6.07, 6.45) is 1.63. The molecule has 1 aliphatic rings. The van der Waals surface area contributed by atoms with Crippen molar-refractivity contribution in [1.82, 2.24) is 0 Å². The van der Waals surface area contributed by atoms with Crippen LogP contribution in [0.2, 0.25) is 0 Å². The van der Waals surface area contributed by atoms with E-state index in [-0.39, 0.29) is 11.8 Å².